The fourth-order valence-electron chi connectivity index (χ4n) is 1.53. The van der Waals surface area contributed by atoms with Crippen molar-refractivity contribution in [2.24, 2.45) is 0 Å². The number of hydrogen-bond donors (Lipinski definition) is 1. The number of morpholine rings is 1. The molecule has 3 nitrogen and oxygen atoms in total. The van der Waals surface area contributed by atoms with Gasteiger partial charge in [-0.15, -0.1) is 0 Å². The predicted molar refractivity (Wildman–Crippen MR) is 45.8 cm³/mol. The zero-order valence-electron chi connectivity index (χ0n) is 7.47. The third-order valence-electron chi connectivity index (χ3n) is 2.20. The Morgan fingerprint density at radius 3 is 3.09 bits per heavy atom. The Morgan fingerprint density at radius 2 is 2.45 bits per heavy atom. The molecule has 11 heavy (non-hydrogen) atoms. The van der Waals surface area contributed by atoms with Crippen molar-refractivity contribution in [3.63, 3.8) is 0 Å². The normalized spacial score (nSPS) is 27.3. The van der Waals surface area contributed by atoms with E-state index < -0.39 is 0 Å². The number of ether oxygens (including phenoxy) is 1. The smallest absolute Gasteiger partial charge is 0.0634 e. The largest absolute Gasteiger partial charge is 0.378 e. The van der Waals surface area contributed by atoms with Gasteiger partial charge in [-0.1, -0.05) is 6.92 Å². The molecule has 0 aliphatic carbocycles. The number of nitrogens with zero attached hydrogens (tertiary/aromatic N) is 1. The van der Waals surface area contributed by atoms with E-state index >= 15 is 0 Å². The molecule has 0 saturated carbocycles. The zero-order chi connectivity index (χ0) is 8.10. The van der Waals surface area contributed by atoms with E-state index in [9.17, 15) is 0 Å². The third-order valence-corrected chi connectivity index (χ3v) is 2.20. The zero-order valence-corrected chi connectivity index (χ0v) is 7.47. The lowest BCUT2D eigenvalue weighted by Gasteiger charge is -2.34. The van der Waals surface area contributed by atoms with Gasteiger partial charge in [0.05, 0.1) is 13.2 Å². The summed E-state index contributed by atoms with van der Waals surface area (Å²) in [5.41, 5.74) is 0. The van der Waals surface area contributed by atoms with Crippen LogP contribution >= 0.6 is 0 Å². The molecule has 1 saturated heterocycles. The number of rotatable bonds is 3. The van der Waals surface area contributed by atoms with Crippen molar-refractivity contribution in [2.45, 2.75) is 13.0 Å². The Bertz CT molecular complexity index is 106. The van der Waals surface area contributed by atoms with Crippen LogP contribution in [-0.2, 0) is 4.74 Å². The second-order valence-corrected chi connectivity index (χ2v) is 2.92. The van der Waals surface area contributed by atoms with Crippen LogP contribution in [0.1, 0.15) is 6.92 Å². The summed E-state index contributed by atoms with van der Waals surface area (Å²) in [6.07, 6.45) is 0. The molecule has 0 radical (unpaired) electrons. The van der Waals surface area contributed by atoms with E-state index in [1.54, 1.807) is 0 Å². The SMILES string of the molecule is CCN1CCOCC1CNC. The minimum absolute atomic E-state index is 0.582. The Balaban J connectivity index is 2.31. The van der Waals surface area contributed by atoms with Crippen LogP contribution in [0.2, 0.25) is 0 Å². The van der Waals surface area contributed by atoms with Crippen molar-refractivity contribution in [3.05, 3.63) is 0 Å². The Hall–Kier alpha value is -0.120. The highest BCUT2D eigenvalue weighted by molar-refractivity contribution is 4.75. The second kappa shape index (κ2) is 4.70. The summed E-state index contributed by atoms with van der Waals surface area (Å²) in [6.45, 7) is 7.24. The molecule has 3 heteroatoms. The van der Waals surface area contributed by atoms with Crippen molar-refractivity contribution < 1.29 is 4.74 Å². The number of likely N-dealkylation sites (N-methyl/N-ethyl adjacent to an activating group) is 2. The van der Waals surface area contributed by atoms with E-state index in [1.807, 2.05) is 7.05 Å². The van der Waals surface area contributed by atoms with Gasteiger partial charge in [-0.05, 0) is 13.6 Å². The second-order valence-electron chi connectivity index (χ2n) is 2.92. The molecular weight excluding hydrogens is 140 g/mol. The fourth-order valence-corrected chi connectivity index (χ4v) is 1.53. The van der Waals surface area contributed by atoms with E-state index in [1.165, 1.54) is 0 Å². The lowest BCUT2D eigenvalue weighted by molar-refractivity contribution is -0.00350. The first-order valence-electron chi connectivity index (χ1n) is 4.35. The van der Waals surface area contributed by atoms with Gasteiger partial charge in [-0.2, -0.15) is 0 Å². The van der Waals surface area contributed by atoms with E-state index in [0.29, 0.717) is 6.04 Å². The van der Waals surface area contributed by atoms with Crippen LogP contribution in [0.3, 0.4) is 0 Å². The Labute approximate surface area is 68.7 Å². The molecular formula is C8H18N2O. The molecule has 0 amide bonds. The summed E-state index contributed by atoms with van der Waals surface area (Å²) in [4.78, 5) is 2.46. The summed E-state index contributed by atoms with van der Waals surface area (Å²) >= 11 is 0. The maximum absolute atomic E-state index is 5.39. The average molecular weight is 158 g/mol. The van der Waals surface area contributed by atoms with Crippen LogP contribution in [0.25, 0.3) is 0 Å². The summed E-state index contributed by atoms with van der Waals surface area (Å²) in [5, 5.41) is 3.18. The predicted octanol–water partition coefficient (Wildman–Crippen LogP) is -0.0735. The van der Waals surface area contributed by atoms with E-state index in [-0.39, 0.29) is 0 Å². The average Bonchev–Trinajstić information content (AvgIpc) is 2.06. The quantitative estimate of drug-likeness (QED) is 0.622. The first-order valence-corrected chi connectivity index (χ1v) is 4.35. The molecule has 0 aromatic heterocycles. The summed E-state index contributed by atoms with van der Waals surface area (Å²) < 4.78 is 5.39. The number of nitrogens with one attached hydrogen (secondary N) is 1. The highest BCUT2D eigenvalue weighted by Gasteiger charge is 2.19. The molecule has 1 aliphatic heterocycles. The van der Waals surface area contributed by atoms with Crippen molar-refractivity contribution in [3.8, 4) is 0 Å². The molecule has 0 aromatic carbocycles. The molecule has 1 unspecified atom stereocenters. The molecule has 66 valence electrons. The first kappa shape index (κ1) is 8.97. The minimum atomic E-state index is 0.582. The van der Waals surface area contributed by atoms with Gasteiger partial charge in [-0.25, -0.2) is 0 Å². The monoisotopic (exact) mass is 158 g/mol. The van der Waals surface area contributed by atoms with Gasteiger partial charge in [0.25, 0.3) is 0 Å². The molecule has 1 heterocycles. The van der Waals surface area contributed by atoms with E-state index in [2.05, 4.69) is 17.1 Å². The standard InChI is InChI=1S/C8H18N2O/c1-3-10-4-5-11-7-8(10)6-9-2/h8-9H,3-7H2,1-2H3. The number of hydrogen-bond acceptors (Lipinski definition) is 3. The van der Waals surface area contributed by atoms with Crippen LogP contribution in [0.15, 0.2) is 0 Å². The lowest BCUT2D eigenvalue weighted by atomic mass is 10.2. The molecule has 1 atom stereocenters. The fraction of sp³-hybridized carbons (Fsp3) is 1.00. The van der Waals surface area contributed by atoms with Crippen LogP contribution in [0, 0.1) is 0 Å². The highest BCUT2D eigenvalue weighted by atomic mass is 16.5. The minimum Gasteiger partial charge on any atom is -0.378 e. The molecule has 1 fully saturated rings. The van der Waals surface area contributed by atoms with Crippen molar-refractivity contribution in [1.29, 1.82) is 0 Å². The van der Waals surface area contributed by atoms with Gasteiger partial charge in [-0.3, -0.25) is 4.90 Å². The molecule has 0 bridgehead atoms. The van der Waals surface area contributed by atoms with E-state index in [0.717, 1.165) is 32.8 Å². The van der Waals surface area contributed by atoms with Crippen LogP contribution < -0.4 is 5.32 Å². The van der Waals surface area contributed by atoms with Gasteiger partial charge in [0, 0.05) is 19.1 Å². The highest BCUT2D eigenvalue weighted by Crippen LogP contribution is 2.04. The molecule has 1 N–H and O–H groups in total. The summed E-state index contributed by atoms with van der Waals surface area (Å²) in [5.74, 6) is 0. The third kappa shape index (κ3) is 2.43. The molecule has 0 spiro atoms. The Kier molecular flexibility index (Phi) is 3.83. The maximum atomic E-state index is 5.39. The van der Waals surface area contributed by atoms with Crippen molar-refractivity contribution >= 4 is 0 Å². The van der Waals surface area contributed by atoms with Crippen molar-refractivity contribution in [2.75, 3.05) is 39.9 Å². The molecule has 1 aliphatic rings. The van der Waals surface area contributed by atoms with Gasteiger partial charge < -0.3 is 10.1 Å². The lowest BCUT2D eigenvalue weighted by Crippen LogP contribution is -2.49. The topological polar surface area (TPSA) is 24.5 Å². The van der Waals surface area contributed by atoms with Gasteiger partial charge in [0.1, 0.15) is 0 Å². The van der Waals surface area contributed by atoms with Gasteiger partial charge in [0.15, 0.2) is 0 Å². The van der Waals surface area contributed by atoms with Gasteiger partial charge >= 0.3 is 0 Å². The summed E-state index contributed by atoms with van der Waals surface area (Å²) in [6, 6.07) is 0.582. The Morgan fingerprint density at radius 1 is 1.64 bits per heavy atom. The maximum Gasteiger partial charge on any atom is 0.0634 e. The van der Waals surface area contributed by atoms with Gasteiger partial charge in [0.2, 0.25) is 0 Å². The van der Waals surface area contributed by atoms with Crippen LogP contribution in [0.4, 0.5) is 0 Å². The van der Waals surface area contributed by atoms with Crippen molar-refractivity contribution in [1.82, 2.24) is 10.2 Å². The van der Waals surface area contributed by atoms with Crippen LogP contribution in [0.5, 0.6) is 0 Å². The van der Waals surface area contributed by atoms with E-state index in [4.69, 9.17) is 4.74 Å². The molecule has 0 aromatic rings. The van der Waals surface area contributed by atoms with Crippen LogP contribution in [-0.4, -0.2) is 50.8 Å². The molecule has 1 rings (SSSR count). The summed E-state index contributed by atoms with van der Waals surface area (Å²) in [7, 11) is 1.99. The first-order chi connectivity index (χ1) is 5.38.